The minimum absolute atomic E-state index is 0.0469. The number of hydrogen-bond donors (Lipinski definition) is 0. The van der Waals surface area contributed by atoms with Crippen molar-refractivity contribution in [3.05, 3.63) is 68.8 Å². The molecule has 2 aromatic rings. The van der Waals surface area contributed by atoms with Crippen LogP contribution in [0.1, 0.15) is 27.5 Å². The Morgan fingerprint density at radius 2 is 1.47 bits per heavy atom. The molecule has 0 fully saturated rings. The Kier molecular flexibility index (Phi) is 3.02. The first-order valence-corrected chi connectivity index (χ1v) is 8.16. The Balaban J connectivity index is 2.16. The van der Waals surface area contributed by atoms with Gasteiger partial charge in [0.2, 0.25) is 0 Å². The number of rotatable bonds is 0. The Morgan fingerprint density at radius 3 is 2.35 bits per heavy atom. The fourth-order valence-electron chi connectivity index (χ4n) is 2.15. The Labute approximate surface area is 113 Å². The van der Waals surface area contributed by atoms with E-state index in [9.17, 15) is 0 Å². The van der Waals surface area contributed by atoms with E-state index in [1.54, 1.807) is 3.57 Å². The topological polar surface area (TPSA) is 0 Å². The van der Waals surface area contributed by atoms with Crippen LogP contribution in [0.2, 0.25) is 0 Å². The molecule has 0 N–H and O–H groups in total. The standard InChI is InChI=1S/C16H14I/c1-12-15-8-4-2-6-13(15)10-11-14-7-3-5-9-16(14)17-12/h2-12H,1H3/q-1. The first-order chi connectivity index (χ1) is 8.34. The van der Waals surface area contributed by atoms with Crippen molar-refractivity contribution in [2.45, 2.75) is 10.8 Å². The van der Waals surface area contributed by atoms with E-state index in [0.717, 1.165) is 0 Å². The van der Waals surface area contributed by atoms with Gasteiger partial charge < -0.3 is 0 Å². The van der Waals surface area contributed by atoms with Crippen molar-refractivity contribution in [1.29, 1.82) is 0 Å². The van der Waals surface area contributed by atoms with Gasteiger partial charge in [-0.15, -0.1) is 0 Å². The summed E-state index contributed by atoms with van der Waals surface area (Å²) in [5.74, 6) is 0. The molecule has 1 atom stereocenters. The van der Waals surface area contributed by atoms with Gasteiger partial charge >= 0.3 is 113 Å². The average molecular weight is 333 g/mol. The van der Waals surface area contributed by atoms with Crippen molar-refractivity contribution in [2.75, 3.05) is 0 Å². The summed E-state index contributed by atoms with van der Waals surface area (Å²) in [6, 6.07) is 17.6. The molecule has 17 heavy (non-hydrogen) atoms. The molecule has 1 heterocycles. The molecule has 1 aliphatic heterocycles. The van der Waals surface area contributed by atoms with E-state index in [2.05, 4.69) is 67.6 Å². The van der Waals surface area contributed by atoms with E-state index < -0.39 is 0 Å². The third-order valence-electron chi connectivity index (χ3n) is 3.05. The van der Waals surface area contributed by atoms with Gasteiger partial charge in [0.15, 0.2) is 0 Å². The Bertz CT molecular complexity index is 569. The predicted octanol–water partition coefficient (Wildman–Crippen LogP) is 1.19. The van der Waals surface area contributed by atoms with Crippen LogP contribution in [0.3, 0.4) is 0 Å². The van der Waals surface area contributed by atoms with Gasteiger partial charge in [0.1, 0.15) is 0 Å². The molecule has 1 heteroatoms. The van der Waals surface area contributed by atoms with Crippen LogP contribution >= 0.6 is 0 Å². The number of alkyl halides is 1. The van der Waals surface area contributed by atoms with E-state index in [-0.39, 0.29) is 21.2 Å². The van der Waals surface area contributed by atoms with Gasteiger partial charge in [-0.25, -0.2) is 0 Å². The fraction of sp³-hybridized carbons (Fsp3) is 0.125. The third-order valence-corrected chi connectivity index (χ3v) is 6.31. The number of halogens is 1. The van der Waals surface area contributed by atoms with Gasteiger partial charge in [-0.2, -0.15) is 0 Å². The van der Waals surface area contributed by atoms with E-state index in [1.165, 1.54) is 16.7 Å². The summed E-state index contributed by atoms with van der Waals surface area (Å²) >= 11 is 0.0469. The maximum absolute atomic E-state index is 2.36. The molecule has 0 bridgehead atoms. The third kappa shape index (κ3) is 2.16. The molecule has 0 aromatic heterocycles. The summed E-state index contributed by atoms with van der Waals surface area (Å²) in [6.07, 6.45) is 4.52. The summed E-state index contributed by atoms with van der Waals surface area (Å²) < 4.78 is 2.25. The molecule has 0 amide bonds. The molecule has 0 spiro atoms. The zero-order valence-corrected chi connectivity index (χ0v) is 11.9. The minimum atomic E-state index is 0.0469. The predicted molar refractivity (Wildman–Crippen MR) is 68.9 cm³/mol. The molecule has 0 saturated heterocycles. The molecule has 2 aromatic carbocycles. The van der Waals surface area contributed by atoms with E-state index >= 15 is 0 Å². The average Bonchev–Trinajstić information content (AvgIpc) is 2.36. The van der Waals surface area contributed by atoms with Gasteiger partial charge in [0, 0.05) is 0 Å². The van der Waals surface area contributed by atoms with Crippen molar-refractivity contribution < 1.29 is 21.2 Å². The van der Waals surface area contributed by atoms with Gasteiger partial charge in [-0.3, -0.25) is 0 Å². The van der Waals surface area contributed by atoms with Crippen LogP contribution in [0.15, 0.2) is 48.5 Å². The monoisotopic (exact) mass is 333 g/mol. The van der Waals surface area contributed by atoms with Crippen LogP contribution in [0.4, 0.5) is 0 Å². The van der Waals surface area contributed by atoms with Crippen LogP contribution < -0.4 is 21.2 Å². The summed E-state index contributed by atoms with van der Waals surface area (Å²) in [5, 5.41) is 0. The molecular formula is C16H14I-. The molecular weight excluding hydrogens is 319 g/mol. The number of fused-ring (bicyclic) bond motifs is 2. The van der Waals surface area contributed by atoms with Gasteiger partial charge in [-0.05, 0) is 0 Å². The Hall–Kier alpha value is -1.09. The normalized spacial score (nSPS) is 18.3. The summed E-state index contributed by atoms with van der Waals surface area (Å²) in [5.41, 5.74) is 4.29. The van der Waals surface area contributed by atoms with Gasteiger partial charge in [-0.1, -0.05) is 0 Å². The first kappa shape index (κ1) is 11.0. The molecule has 1 aliphatic rings. The van der Waals surface area contributed by atoms with Crippen LogP contribution in [-0.4, -0.2) is 0 Å². The van der Waals surface area contributed by atoms with Crippen molar-refractivity contribution in [3.8, 4) is 0 Å². The van der Waals surface area contributed by atoms with Crippen molar-refractivity contribution in [2.24, 2.45) is 0 Å². The molecule has 86 valence electrons. The zero-order valence-electron chi connectivity index (χ0n) is 9.73. The molecule has 0 nitrogen and oxygen atoms in total. The molecule has 0 saturated carbocycles. The van der Waals surface area contributed by atoms with E-state index in [0.29, 0.717) is 3.92 Å². The van der Waals surface area contributed by atoms with Crippen molar-refractivity contribution in [3.63, 3.8) is 0 Å². The molecule has 3 rings (SSSR count). The second-order valence-electron chi connectivity index (χ2n) is 4.21. The van der Waals surface area contributed by atoms with Crippen LogP contribution in [0.5, 0.6) is 0 Å². The van der Waals surface area contributed by atoms with Gasteiger partial charge in [0.05, 0.1) is 0 Å². The number of hydrogen-bond acceptors (Lipinski definition) is 0. The van der Waals surface area contributed by atoms with E-state index in [1.807, 2.05) is 0 Å². The van der Waals surface area contributed by atoms with E-state index in [4.69, 9.17) is 0 Å². The Morgan fingerprint density at radius 1 is 0.824 bits per heavy atom. The number of benzene rings is 2. The molecule has 1 unspecified atom stereocenters. The first-order valence-electron chi connectivity index (χ1n) is 5.84. The second kappa shape index (κ2) is 4.65. The van der Waals surface area contributed by atoms with Crippen LogP contribution in [0, 0.1) is 3.57 Å². The summed E-state index contributed by atoms with van der Waals surface area (Å²) in [7, 11) is 0. The van der Waals surface area contributed by atoms with Crippen molar-refractivity contribution in [1.82, 2.24) is 0 Å². The molecule has 0 radical (unpaired) electrons. The summed E-state index contributed by atoms with van der Waals surface area (Å²) in [6.45, 7) is 2.36. The SMILES string of the molecule is CC1[I-]c2ccccc2C=Cc2ccccc21. The second-order valence-corrected chi connectivity index (χ2v) is 7.86. The van der Waals surface area contributed by atoms with Crippen LogP contribution in [0.25, 0.3) is 12.2 Å². The maximum atomic E-state index is 2.36. The summed E-state index contributed by atoms with van der Waals surface area (Å²) in [4.78, 5) is 0. The zero-order chi connectivity index (χ0) is 11.7. The fourth-order valence-corrected chi connectivity index (χ4v) is 5.19. The quantitative estimate of drug-likeness (QED) is 0.502. The van der Waals surface area contributed by atoms with Gasteiger partial charge in [0.25, 0.3) is 0 Å². The molecule has 0 aliphatic carbocycles. The van der Waals surface area contributed by atoms with Crippen molar-refractivity contribution >= 4 is 12.2 Å². The van der Waals surface area contributed by atoms with Crippen LogP contribution in [-0.2, 0) is 0 Å².